The van der Waals surface area contributed by atoms with Gasteiger partial charge in [0.25, 0.3) is 0 Å². The summed E-state index contributed by atoms with van der Waals surface area (Å²) in [5, 5.41) is 6.74. The highest BCUT2D eigenvalue weighted by atomic mass is 19.1. The van der Waals surface area contributed by atoms with Crippen LogP contribution in [-0.2, 0) is 6.54 Å². The molecule has 170 valence electrons. The third-order valence-corrected chi connectivity index (χ3v) is 5.43. The summed E-state index contributed by atoms with van der Waals surface area (Å²) in [6, 6.07) is 22.7. The zero-order valence-electron chi connectivity index (χ0n) is 18.6. The van der Waals surface area contributed by atoms with Crippen molar-refractivity contribution in [1.82, 2.24) is 10.3 Å². The van der Waals surface area contributed by atoms with Crippen molar-refractivity contribution in [2.45, 2.75) is 6.54 Å². The van der Waals surface area contributed by atoms with E-state index < -0.39 is 0 Å². The quantitative estimate of drug-likeness (QED) is 0.306. The van der Waals surface area contributed by atoms with Crippen molar-refractivity contribution in [2.75, 3.05) is 5.32 Å². The number of rotatable bonds is 4. The number of anilines is 1. The summed E-state index contributed by atoms with van der Waals surface area (Å²) in [5.74, 6) is 5.92. The van der Waals surface area contributed by atoms with E-state index in [1.165, 1.54) is 12.1 Å². The third-order valence-electron chi connectivity index (χ3n) is 5.43. The number of carbonyl (C=O) groups is 1. The minimum Gasteiger partial charge on any atom is -0.464 e. The first-order valence-corrected chi connectivity index (χ1v) is 11.0. The lowest BCUT2D eigenvalue weighted by molar-refractivity contribution is 0.251. The van der Waals surface area contributed by atoms with Crippen molar-refractivity contribution >= 4 is 22.7 Å². The summed E-state index contributed by atoms with van der Waals surface area (Å²) >= 11 is 0. The van der Waals surface area contributed by atoms with E-state index in [4.69, 9.17) is 4.42 Å². The van der Waals surface area contributed by atoms with Gasteiger partial charge in [-0.25, -0.2) is 9.18 Å². The lowest BCUT2D eigenvalue weighted by Crippen LogP contribution is -2.28. The Bertz CT molecular complexity index is 1550. The van der Waals surface area contributed by atoms with Crippen LogP contribution in [0.25, 0.3) is 22.1 Å². The summed E-state index contributed by atoms with van der Waals surface area (Å²) in [7, 11) is 0. The summed E-state index contributed by atoms with van der Waals surface area (Å²) in [4.78, 5) is 16.6. The van der Waals surface area contributed by atoms with Gasteiger partial charge < -0.3 is 15.1 Å². The average Bonchev–Trinajstić information content (AvgIpc) is 3.36. The minimum atomic E-state index is -0.335. The van der Waals surface area contributed by atoms with Gasteiger partial charge in [0.15, 0.2) is 0 Å². The highest BCUT2D eigenvalue weighted by molar-refractivity contribution is 5.90. The van der Waals surface area contributed by atoms with Crippen LogP contribution >= 0.6 is 0 Å². The first kappa shape index (κ1) is 21.9. The summed E-state index contributed by atoms with van der Waals surface area (Å²) in [6.07, 6.45) is 5.07. The van der Waals surface area contributed by atoms with E-state index >= 15 is 0 Å². The van der Waals surface area contributed by atoms with Crippen LogP contribution in [0.5, 0.6) is 0 Å². The molecule has 0 fully saturated rings. The smallest absolute Gasteiger partial charge is 0.319 e. The average molecular weight is 461 g/mol. The second-order valence-electron chi connectivity index (χ2n) is 7.85. The maximum absolute atomic E-state index is 13.2. The third kappa shape index (κ3) is 5.37. The zero-order chi connectivity index (χ0) is 24.0. The molecule has 3 aromatic carbocycles. The molecule has 0 atom stereocenters. The van der Waals surface area contributed by atoms with Gasteiger partial charge in [0.05, 0.1) is 6.26 Å². The van der Waals surface area contributed by atoms with Crippen molar-refractivity contribution in [3.63, 3.8) is 0 Å². The Kier molecular flexibility index (Phi) is 6.23. The van der Waals surface area contributed by atoms with Crippen LogP contribution in [0.2, 0.25) is 0 Å². The lowest BCUT2D eigenvalue weighted by Gasteiger charge is -2.11. The minimum absolute atomic E-state index is 0.311. The molecule has 6 heteroatoms. The predicted octanol–water partition coefficient (Wildman–Crippen LogP) is 6.36. The molecule has 2 heterocycles. The Balaban J connectivity index is 1.35. The first-order chi connectivity index (χ1) is 17.1. The molecule has 0 aliphatic carbocycles. The number of hydrogen-bond donors (Lipinski definition) is 2. The van der Waals surface area contributed by atoms with Crippen molar-refractivity contribution in [3.05, 3.63) is 120 Å². The number of furan rings is 1. The molecule has 5 rings (SSSR count). The molecular weight excluding hydrogens is 441 g/mol. The fourth-order valence-electron chi connectivity index (χ4n) is 3.65. The number of urea groups is 1. The van der Waals surface area contributed by atoms with Gasteiger partial charge in [0.1, 0.15) is 11.4 Å². The number of hydrogen-bond acceptors (Lipinski definition) is 3. The number of aromatic nitrogens is 1. The molecule has 0 spiro atoms. The van der Waals surface area contributed by atoms with Crippen LogP contribution in [0.1, 0.15) is 16.7 Å². The van der Waals surface area contributed by atoms with E-state index in [9.17, 15) is 9.18 Å². The Morgan fingerprint density at radius 2 is 1.74 bits per heavy atom. The normalized spacial score (nSPS) is 10.4. The maximum Gasteiger partial charge on any atom is 0.319 e. The molecule has 5 aromatic rings. The number of nitrogens with one attached hydrogen (secondary N) is 2. The standard InChI is InChI=1S/C29H20FN3O2/c30-25-7-3-20(4-8-25)1-6-24-18-26(9-10-27(24)22-11-14-31-15-12-22)33-29(34)32-19-21-2-5-23-13-16-35-28(23)17-21/h2-5,7-18H,19H2,(H2,32,33,34). The van der Waals surface area contributed by atoms with E-state index in [-0.39, 0.29) is 11.8 Å². The molecule has 0 aliphatic heterocycles. The second kappa shape index (κ2) is 9.94. The SMILES string of the molecule is O=C(NCc1ccc2ccoc2c1)Nc1ccc(-c2ccncc2)c(C#Cc2ccc(F)cc2)c1. The van der Waals surface area contributed by atoms with Crippen molar-refractivity contribution in [3.8, 4) is 23.0 Å². The molecule has 0 bridgehead atoms. The second-order valence-corrected chi connectivity index (χ2v) is 7.85. The van der Waals surface area contributed by atoms with Gasteiger partial charge in [0, 0.05) is 41.1 Å². The summed E-state index contributed by atoms with van der Waals surface area (Å²) in [6.45, 7) is 0.356. The van der Waals surface area contributed by atoms with Gasteiger partial charge in [-0.1, -0.05) is 30.0 Å². The first-order valence-electron chi connectivity index (χ1n) is 11.0. The summed E-state index contributed by atoms with van der Waals surface area (Å²) < 4.78 is 18.6. The van der Waals surface area contributed by atoms with Crippen LogP contribution < -0.4 is 10.6 Å². The lowest BCUT2D eigenvalue weighted by atomic mass is 10.00. The van der Waals surface area contributed by atoms with Gasteiger partial charge in [-0.3, -0.25) is 4.98 Å². The molecule has 0 saturated heterocycles. The number of fused-ring (bicyclic) bond motifs is 1. The number of carbonyl (C=O) groups excluding carboxylic acids is 1. The Morgan fingerprint density at radius 3 is 2.57 bits per heavy atom. The number of halogens is 1. The Labute approximate surface area is 201 Å². The molecule has 0 saturated carbocycles. The molecule has 0 unspecified atom stereocenters. The van der Waals surface area contributed by atoms with Crippen LogP contribution in [0.3, 0.4) is 0 Å². The van der Waals surface area contributed by atoms with E-state index in [2.05, 4.69) is 27.5 Å². The topological polar surface area (TPSA) is 67.2 Å². The number of benzene rings is 3. The number of pyridine rings is 1. The van der Waals surface area contributed by atoms with E-state index in [1.807, 2.05) is 54.6 Å². The molecule has 2 N–H and O–H groups in total. The predicted molar refractivity (Wildman–Crippen MR) is 134 cm³/mol. The van der Waals surface area contributed by atoms with Gasteiger partial charge in [-0.15, -0.1) is 0 Å². The Hall–Kier alpha value is -4.89. The van der Waals surface area contributed by atoms with Gasteiger partial charge in [0.2, 0.25) is 0 Å². The molecule has 2 amide bonds. The van der Waals surface area contributed by atoms with Crippen LogP contribution in [0, 0.1) is 17.7 Å². The molecule has 5 nitrogen and oxygen atoms in total. The molecule has 0 radical (unpaired) electrons. The van der Waals surface area contributed by atoms with Crippen molar-refractivity contribution < 1.29 is 13.6 Å². The fourth-order valence-corrected chi connectivity index (χ4v) is 3.65. The highest BCUT2D eigenvalue weighted by Gasteiger charge is 2.08. The fraction of sp³-hybridized carbons (Fsp3) is 0.0345. The number of nitrogens with zero attached hydrogens (tertiary/aromatic N) is 1. The van der Waals surface area contributed by atoms with Crippen LogP contribution in [0.15, 0.2) is 102 Å². The van der Waals surface area contributed by atoms with Gasteiger partial charge >= 0.3 is 6.03 Å². The maximum atomic E-state index is 13.2. The number of amides is 2. The highest BCUT2D eigenvalue weighted by Crippen LogP contribution is 2.26. The molecule has 35 heavy (non-hydrogen) atoms. The van der Waals surface area contributed by atoms with Crippen LogP contribution in [0.4, 0.5) is 14.9 Å². The van der Waals surface area contributed by atoms with Crippen LogP contribution in [-0.4, -0.2) is 11.0 Å². The van der Waals surface area contributed by atoms with Gasteiger partial charge in [-0.05, 0) is 77.4 Å². The largest absolute Gasteiger partial charge is 0.464 e. The molecular formula is C29H20FN3O2. The monoisotopic (exact) mass is 461 g/mol. The molecule has 0 aliphatic rings. The van der Waals surface area contributed by atoms with E-state index in [1.54, 1.807) is 30.8 Å². The summed E-state index contributed by atoms with van der Waals surface area (Å²) in [5.41, 5.74) is 5.58. The van der Waals surface area contributed by atoms with E-state index in [0.717, 1.165) is 33.2 Å². The Morgan fingerprint density at radius 1 is 0.914 bits per heavy atom. The molecule has 2 aromatic heterocycles. The van der Waals surface area contributed by atoms with E-state index in [0.29, 0.717) is 17.8 Å². The van der Waals surface area contributed by atoms with Gasteiger partial charge in [-0.2, -0.15) is 0 Å². The van der Waals surface area contributed by atoms with Crippen molar-refractivity contribution in [2.24, 2.45) is 0 Å². The van der Waals surface area contributed by atoms with Crippen molar-refractivity contribution in [1.29, 1.82) is 0 Å². The zero-order valence-corrected chi connectivity index (χ0v) is 18.6.